The predicted octanol–water partition coefficient (Wildman–Crippen LogP) is 4.63. The Morgan fingerprint density at radius 1 is 1.16 bits per heavy atom. The molecule has 6 aliphatic rings. The van der Waals surface area contributed by atoms with Gasteiger partial charge in [-0.1, -0.05) is 13.0 Å². The van der Waals surface area contributed by atoms with Crippen molar-refractivity contribution in [2.45, 2.75) is 100 Å². The van der Waals surface area contributed by atoms with E-state index in [1.165, 1.54) is 0 Å². The number of anilines is 2. The summed E-state index contributed by atoms with van der Waals surface area (Å²) in [5.74, 6) is 1.13. The van der Waals surface area contributed by atoms with Crippen molar-refractivity contribution in [3.8, 4) is 12.1 Å². The first-order valence-electron chi connectivity index (χ1n) is 15.9. The molecule has 4 atom stereocenters. The van der Waals surface area contributed by atoms with Crippen molar-refractivity contribution in [3.05, 3.63) is 52.4 Å². The van der Waals surface area contributed by atoms with Crippen LogP contribution in [0.4, 0.5) is 15.9 Å². The fourth-order valence-electron chi connectivity index (χ4n) is 8.14. The molecule has 8 rings (SSSR count). The van der Waals surface area contributed by atoms with Crippen molar-refractivity contribution >= 4 is 11.5 Å². The van der Waals surface area contributed by atoms with Crippen molar-refractivity contribution < 1.29 is 18.6 Å². The largest absolute Gasteiger partial charge is 0.432 e. The van der Waals surface area contributed by atoms with Gasteiger partial charge in [-0.25, -0.2) is 4.39 Å². The molecule has 43 heavy (non-hydrogen) atoms. The molecule has 1 spiro atoms. The van der Waals surface area contributed by atoms with Crippen LogP contribution in [0.15, 0.2) is 24.5 Å². The van der Waals surface area contributed by atoms with Crippen LogP contribution in [-0.4, -0.2) is 65.0 Å². The molecule has 2 aliphatic carbocycles. The molecule has 1 unspecified atom stereocenters. The number of benzene rings is 1. The van der Waals surface area contributed by atoms with Gasteiger partial charge in [-0.15, -0.1) is 0 Å². The van der Waals surface area contributed by atoms with Crippen LogP contribution in [0.5, 0.6) is 6.01 Å². The maximum Gasteiger partial charge on any atom is 0.323 e. The molecule has 2 aromatic rings. The van der Waals surface area contributed by atoms with Gasteiger partial charge in [0.25, 0.3) is 0 Å². The van der Waals surface area contributed by atoms with Crippen molar-refractivity contribution in [2.24, 2.45) is 0 Å². The first-order valence-corrected chi connectivity index (χ1v) is 15.9. The number of aromatic nitrogens is 2. The third-order valence-electron chi connectivity index (χ3n) is 10.6. The Hall–Kier alpha value is -3.26. The van der Waals surface area contributed by atoms with Crippen LogP contribution in [0.25, 0.3) is 0 Å². The fraction of sp³-hybridized carbons (Fsp3) is 0.606. The second kappa shape index (κ2) is 10.1. The lowest BCUT2D eigenvalue weighted by molar-refractivity contribution is -0.0874. The van der Waals surface area contributed by atoms with Crippen LogP contribution >= 0.6 is 0 Å². The van der Waals surface area contributed by atoms with Gasteiger partial charge in [0, 0.05) is 54.8 Å². The Labute approximate surface area is 251 Å². The zero-order chi connectivity index (χ0) is 29.3. The average Bonchev–Trinajstić information content (AvgIpc) is 3.64. The van der Waals surface area contributed by atoms with E-state index in [-0.39, 0.29) is 17.7 Å². The molecule has 4 aliphatic heterocycles. The van der Waals surface area contributed by atoms with Crippen LogP contribution in [-0.2, 0) is 28.1 Å². The Morgan fingerprint density at radius 2 is 2.02 bits per heavy atom. The third kappa shape index (κ3) is 4.59. The monoisotopic (exact) mass is 586 g/mol. The summed E-state index contributed by atoms with van der Waals surface area (Å²) in [5.41, 5.74) is 10.2. The molecular formula is C33H39FN6O3. The van der Waals surface area contributed by atoms with Crippen molar-refractivity contribution in [3.63, 3.8) is 0 Å². The van der Waals surface area contributed by atoms with Gasteiger partial charge < -0.3 is 24.8 Å². The van der Waals surface area contributed by atoms with Crippen LogP contribution in [0.3, 0.4) is 0 Å². The van der Waals surface area contributed by atoms with E-state index in [2.05, 4.69) is 28.9 Å². The van der Waals surface area contributed by atoms with E-state index in [0.29, 0.717) is 49.3 Å². The Morgan fingerprint density at radius 3 is 2.84 bits per heavy atom. The summed E-state index contributed by atoms with van der Waals surface area (Å²) >= 11 is 0. The average molecular weight is 587 g/mol. The molecule has 3 saturated heterocycles. The van der Waals surface area contributed by atoms with E-state index in [0.717, 1.165) is 86.4 Å². The normalized spacial score (nSPS) is 32.0. The molecule has 0 amide bonds. The van der Waals surface area contributed by atoms with Gasteiger partial charge in [-0.3, -0.25) is 4.90 Å². The van der Waals surface area contributed by atoms with E-state index >= 15 is 0 Å². The number of nitrogens with two attached hydrogens (primary N) is 1. The zero-order valence-electron chi connectivity index (χ0n) is 24.7. The molecule has 9 nitrogen and oxygen atoms in total. The molecule has 10 heteroatoms. The SMILES string of the molecule is C[C@H]1CC[C@]2(Cc3nc(O/C=C/C45CCCN4C[C@H](F)C5)nc(N4CC(OC5CC5)C4)c3CO2)c2c1ccc(N)c2C#N. The number of nitriles is 1. The van der Waals surface area contributed by atoms with E-state index in [1.807, 2.05) is 12.1 Å². The fourth-order valence-corrected chi connectivity index (χ4v) is 8.14. The highest BCUT2D eigenvalue weighted by atomic mass is 19.1. The molecule has 1 aromatic heterocycles. The Balaban J connectivity index is 1.13. The highest BCUT2D eigenvalue weighted by molar-refractivity contribution is 5.64. The number of nitrogens with zero attached hydrogens (tertiary/aromatic N) is 5. The first kappa shape index (κ1) is 27.3. The van der Waals surface area contributed by atoms with Crippen molar-refractivity contribution in [1.29, 1.82) is 5.26 Å². The van der Waals surface area contributed by atoms with Crippen LogP contribution in [0, 0.1) is 11.3 Å². The van der Waals surface area contributed by atoms with Gasteiger partial charge in [0.05, 0.1) is 36.3 Å². The van der Waals surface area contributed by atoms with Gasteiger partial charge >= 0.3 is 6.01 Å². The highest BCUT2D eigenvalue weighted by Crippen LogP contribution is 2.51. The number of halogens is 1. The summed E-state index contributed by atoms with van der Waals surface area (Å²) in [6.07, 6.45) is 10.5. The summed E-state index contributed by atoms with van der Waals surface area (Å²) in [4.78, 5) is 14.3. The highest BCUT2D eigenvalue weighted by Gasteiger charge is 2.48. The summed E-state index contributed by atoms with van der Waals surface area (Å²) in [5, 5.41) is 10.1. The summed E-state index contributed by atoms with van der Waals surface area (Å²) in [7, 11) is 0. The number of hydrogen-bond donors (Lipinski definition) is 1. The minimum atomic E-state index is -0.807. The van der Waals surface area contributed by atoms with E-state index in [1.54, 1.807) is 6.26 Å². The van der Waals surface area contributed by atoms with Crippen LogP contribution in [0.1, 0.15) is 85.7 Å². The third-order valence-corrected chi connectivity index (χ3v) is 10.6. The number of ether oxygens (including phenoxy) is 3. The predicted molar refractivity (Wildman–Crippen MR) is 158 cm³/mol. The molecule has 0 bridgehead atoms. The van der Waals surface area contributed by atoms with Crippen molar-refractivity contribution in [2.75, 3.05) is 36.8 Å². The molecule has 4 fully saturated rings. The Kier molecular flexibility index (Phi) is 6.44. The molecule has 1 saturated carbocycles. The number of nitrogen functional groups attached to an aromatic ring is 1. The Bertz CT molecular complexity index is 1520. The van der Waals surface area contributed by atoms with Crippen LogP contribution < -0.4 is 15.4 Å². The summed E-state index contributed by atoms with van der Waals surface area (Å²) in [6, 6.07) is 6.55. The zero-order valence-corrected chi connectivity index (χ0v) is 24.7. The minimum absolute atomic E-state index is 0.203. The molecule has 2 N–H and O–H groups in total. The quantitative estimate of drug-likeness (QED) is 0.383. The standard InChI is InChI=1S/C33H39FN6O3/c1-20-7-9-33(29-24(20)5-6-27(36)25(29)15-35)14-28-26(19-42-33)30(39-17-23(18-39)43-22-3-4-22)38-31(37-28)41-12-10-32-8-2-11-40(32)16-21(34)13-32/h5-6,10,12,20-23H,2-4,7-9,11,13-14,16-19,36H2,1H3/b12-10+/t20-,21+,32?,33-/m0/s1. The van der Waals surface area contributed by atoms with Gasteiger partial charge in [0.15, 0.2) is 0 Å². The lowest BCUT2D eigenvalue weighted by Crippen LogP contribution is -2.53. The smallest absolute Gasteiger partial charge is 0.323 e. The minimum Gasteiger partial charge on any atom is -0.432 e. The number of alkyl halides is 1. The lowest BCUT2D eigenvalue weighted by atomic mass is 9.69. The molecule has 1 aromatic carbocycles. The van der Waals surface area contributed by atoms with Gasteiger partial charge in [0.2, 0.25) is 0 Å². The van der Waals surface area contributed by atoms with Crippen molar-refractivity contribution in [1.82, 2.24) is 14.9 Å². The number of hydrogen-bond acceptors (Lipinski definition) is 9. The molecule has 5 heterocycles. The summed E-state index contributed by atoms with van der Waals surface area (Å²) in [6.45, 7) is 5.48. The molecular weight excluding hydrogens is 547 g/mol. The topological polar surface area (TPSA) is 110 Å². The summed E-state index contributed by atoms with van der Waals surface area (Å²) < 4.78 is 33.4. The number of fused-ring (bicyclic) bond motifs is 4. The lowest BCUT2D eigenvalue weighted by Gasteiger charge is -2.46. The second-order valence-electron chi connectivity index (χ2n) is 13.5. The van der Waals surface area contributed by atoms with E-state index in [4.69, 9.17) is 29.9 Å². The van der Waals surface area contributed by atoms with E-state index < -0.39 is 11.8 Å². The first-order chi connectivity index (χ1) is 20.9. The van der Waals surface area contributed by atoms with Gasteiger partial charge in [-0.05, 0) is 68.7 Å². The molecule has 0 radical (unpaired) electrons. The number of rotatable bonds is 6. The molecule has 226 valence electrons. The maximum atomic E-state index is 14.3. The van der Waals surface area contributed by atoms with E-state index in [9.17, 15) is 9.65 Å². The maximum absolute atomic E-state index is 14.3. The van der Waals surface area contributed by atoms with Gasteiger partial charge in [0.1, 0.15) is 23.7 Å². The second-order valence-corrected chi connectivity index (χ2v) is 13.5. The van der Waals surface area contributed by atoms with Gasteiger partial charge in [-0.2, -0.15) is 15.2 Å². The van der Waals surface area contributed by atoms with Crippen LogP contribution in [0.2, 0.25) is 0 Å².